The molecule has 0 aliphatic rings. The van der Waals surface area contributed by atoms with Gasteiger partial charge in [0.1, 0.15) is 11.3 Å². The van der Waals surface area contributed by atoms with E-state index in [0.717, 1.165) is 6.07 Å². The van der Waals surface area contributed by atoms with Gasteiger partial charge in [0.25, 0.3) is 0 Å². The Morgan fingerprint density at radius 1 is 1.35 bits per heavy atom. The number of furan rings is 1. The Morgan fingerprint density at radius 2 is 2.06 bits per heavy atom. The number of hydrogen-bond acceptors (Lipinski definition) is 2. The van der Waals surface area contributed by atoms with E-state index >= 15 is 0 Å². The van der Waals surface area contributed by atoms with Crippen molar-refractivity contribution in [3.05, 3.63) is 35.6 Å². The Balaban J connectivity index is 2.53. The first kappa shape index (κ1) is 12.0. The zero-order valence-corrected chi connectivity index (χ0v) is 9.08. The Kier molecular flexibility index (Phi) is 2.87. The quantitative estimate of drug-likeness (QED) is 0.878. The lowest BCUT2D eigenvalue weighted by molar-refractivity contribution is -0.136. The van der Waals surface area contributed by atoms with Crippen molar-refractivity contribution < 1.29 is 22.7 Å². The van der Waals surface area contributed by atoms with Gasteiger partial charge >= 0.3 is 6.18 Å². The molecule has 1 N–H and O–H groups in total. The van der Waals surface area contributed by atoms with Crippen molar-refractivity contribution in [3.63, 3.8) is 0 Å². The lowest BCUT2D eigenvalue weighted by Crippen LogP contribution is -2.04. The predicted octanol–water partition coefficient (Wildman–Crippen LogP) is 3.37. The van der Waals surface area contributed by atoms with Crippen LogP contribution in [0.5, 0.6) is 0 Å². The number of aliphatic hydroxyl groups is 1. The maximum atomic E-state index is 12.7. The summed E-state index contributed by atoms with van der Waals surface area (Å²) in [6.07, 6.45) is -4.88. The monoisotopic (exact) mass is 244 g/mol. The van der Waals surface area contributed by atoms with E-state index in [4.69, 9.17) is 4.42 Å². The molecule has 1 atom stereocenters. The molecule has 0 radical (unpaired) electrons. The van der Waals surface area contributed by atoms with E-state index in [1.54, 1.807) is 13.0 Å². The van der Waals surface area contributed by atoms with Gasteiger partial charge in [-0.1, -0.05) is 12.1 Å². The van der Waals surface area contributed by atoms with Crippen LogP contribution in [0.2, 0.25) is 0 Å². The van der Waals surface area contributed by atoms with Gasteiger partial charge in [-0.15, -0.1) is 0 Å². The van der Waals surface area contributed by atoms with E-state index in [2.05, 4.69) is 0 Å². The number of hydrogen-bond donors (Lipinski definition) is 1. The summed E-state index contributed by atoms with van der Waals surface area (Å²) in [6.45, 7) is 1.55. The molecule has 2 rings (SSSR count). The summed E-state index contributed by atoms with van der Waals surface area (Å²) in [4.78, 5) is 0. The number of para-hydroxylation sites is 1. The number of aliphatic hydroxyl groups excluding tert-OH is 1. The highest BCUT2D eigenvalue weighted by Gasteiger charge is 2.34. The molecule has 5 heteroatoms. The molecular formula is C12H11F3O2. The number of halogens is 3. The largest absolute Gasteiger partial charge is 0.460 e. The van der Waals surface area contributed by atoms with Gasteiger partial charge in [-0.25, -0.2) is 0 Å². The standard InChI is InChI=1S/C12H11F3O2/c1-7(16)5-9-6-8-3-2-4-10(11(8)17-9)12(13,14)15/h2-4,6-7,16H,5H2,1H3. The number of benzene rings is 1. The number of rotatable bonds is 2. The van der Waals surface area contributed by atoms with Crippen LogP contribution < -0.4 is 0 Å². The van der Waals surface area contributed by atoms with Gasteiger partial charge in [-0.05, 0) is 19.1 Å². The van der Waals surface area contributed by atoms with E-state index in [0.29, 0.717) is 11.1 Å². The van der Waals surface area contributed by atoms with E-state index in [1.165, 1.54) is 12.1 Å². The third kappa shape index (κ3) is 2.44. The van der Waals surface area contributed by atoms with E-state index in [9.17, 15) is 18.3 Å². The zero-order valence-electron chi connectivity index (χ0n) is 9.08. The van der Waals surface area contributed by atoms with E-state index < -0.39 is 17.8 Å². The van der Waals surface area contributed by atoms with Crippen LogP contribution in [0.1, 0.15) is 18.2 Å². The summed E-state index contributed by atoms with van der Waals surface area (Å²) in [5.74, 6) is 0.353. The fraction of sp³-hybridized carbons (Fsp3) is 0.333. The number of fused-ring (bicyclic) bond motifs is 1. The summed E-state index contributed by atoms with van der Waals surface area (Å²) in [5, 5.41) is 9.58. The van der Waals surface area contributed by atoms with Crippen molar-refractivity contribution >= 4 is 11.0 Å². The van der Waals surface area contributed by atoms with Gasteiger partial charge < -0.3 is 9.52 Å². The molecule has 0 aliphatic heterocycles. The molecule has 2 aromatic rings. The van der Waals surface area contributed by atoms with Gasteiger partial charge in [0.05, 0.1) is 11.7 Å². The van der Waals surface area contributed by atoms with Crippen molar-refractivity contribution in [2.75, 3.05) is 0 Å². The van der Waals surface area contributed by atoms with Crippen LogP contribution in [0.3, 0.4) is 0 Å². The van der Waals surface area contributed by atoms with Crippen LogP contribution >= 0.6 is 0 Å². The van der Waals surface area contributed by atoms with Crippen LogP contribution in [0, 0.1) is 0 Å². The van der Waals surface area contributed by atoms with Crippen LogP contribution in [0.4, 0.5) is 13.2 Å². The molecule has 17 heavy (non-hydrogen) atoms. The van der Waals surface area contributed by atoms with Crippen molar-refractivity contribution in [3.8, 4) is 0 Å². The van der Waals surface area contributed by atoms with Gasteiger partial charge in [-0.3, -0.25) is 0 Å². The van der Waals surface area contributed by atoms with Crippen LogP contribution in [0.25, 0.3) is 11.0 Å². The highest BCUT2D eigenvalue weighted by molar-refractivity contribution is 5.81. The zero-order chi connectivity index (χ0) is 12.6. The molecule has 0 saturated heterocycles. The highest BCUT2D eigenvalue weighted by atomic mass is 19.4. The molecule has 0 amide bonds. The Hall–Kier alpha value is -1.49. The molecule has 0 spiro atoms. The molecule has 92 valence electrons. The van der Waals surface area contributed by atoms with Crippen molar-refractivity contribution in [1.29, 1.82) is 0 Å². The van der Waals surface area contributed by atoms with Crippen molar-refractivity contribution in [2.24, 2.45) is 0 Å². The molecule has 0 aliphatic carbocycles. The molecule has 1 heterocycles. The summed E-state index contributed by atoms with van der Waals surface area (Å²) < 4.78 is 43.2. The van der Waals surface area contributed by atoms with E-state index in [1.807, 2.05) is 0 Å². The smallest absolute Gasteiger partial charge is 0.420 e. The minimum absolute atomic E-state index is 0.171. The van der Waals surface area contributed by atoms with Gasteiger partial charge in [0, 0.05) is 11.8 Å². The fourth-order valence-electron chi connectivity index (χ4n) is 1.73. The van der Waals surface area contributed by atoms with Gasteiger partial charge in [-0.2, -0.15) is 13.2 Å². The first-order valence-electron chi connectivity index (χ1n) is 5.14. The SMILES string of the molecule is CC(O)Cc1cc2cccc(C(F)(F)F)c2o1. The third-order valence-corrected chi connectivity index (χ3v) is 2.40. The summed E-state index contributed by atoms with van der Waals surface area (Å²) in [6, 6.07) is 5.40. The maximum absolute atomic E-state index is 12.7. The molecule has 0 saturated carbocycles. The minimum Gasteiger partial charge on any atom is -0.460 e. The Morgan fingerprint density at radius 3 is 2.65 bits per heavy atom. The normalized spacial score (nSPS) is 14.2. The summed E-state index contributed by atoms with van der Waals surface area (Å²) in [5.41, 5.74) is -0.956. The lowest BCUT2D eigenvalue weighted by atomic mass is 10.1. The molecule has 1 unspecified atom stereocenters. The van der Waals surface area contributed by atoms with Crippen LogP contribution in [-0.4, -0.2) is 11.2 Å². The van der Waals surface area contributed by atoms with Crippen LogP contribution in [-0.2, 0) is 12.6 Å². The van der Waals surface area contributed by atoms with Crippen molar-refractivity contribution in [1.82, 2.24) is 0 Å². The molecular weight excluding hydrogens is 233 g/mol. The molecule has 1 aromatic carbocycles. The summed E-state index contributed by atoms with van der Waals surface area (Å²) >= 11 is 0. The van der Waals surface area contributed by atoms with Gasteiger partial charge in [0.15, 0.2) is 0 Å². The maximum Gasteiger partial charge on any atom is 0.420 e. The first-order chi connectivity index (χ1) is 7.88. The Bertz CT molecular complexity index is 526. The average molecular weight is 244 g/mol. The molecule has 1 aromatic heterocycles. The first-order valence-corrected chi connectivity index (χ1v) is 5.14. The number of alkyl halides is 3. The molecule has 0 fully saturated rings. The fourth-order valence-corrected chi connectivity index (χ4v) is 1.73. The average Bonchev–Trinajstić information content (AvgIpc) is 2.55. The van der Waals surface area contributed by atoms with Crippen LogP contribution in [0.15, 0.2) is 28.7 Å². The van der Waals surface area contributed by atoms with E-state index in [-0.39, 0.29) is 12.0 Å². The second-order valence-electron chi connectivity index (χ2n) is 3.99. The predicted molar refractivity (Wildman–Crippen MR) is 56.6 cm³/mol. The third-order valence-electron chi connectivity index (χ3n) is 2.40. The highest BCUT2D eigenvalue weighted by Crippen LogP contribution is 2.36. The topological polar surface area (TPSA) is 33.4 Å². The van der Waals surface area contributed by atoms with Crippen molar-refractivity contribution in [2.45, 2.75) is 25.6 Å². The lowest BCUT2D eigenvalue weighted by Gasteiger charge is -2.06. The van der Waals surface area contributed by atoms with Gasteiger partial charge in [0.2, 0.25) is 0 Å². The Labute approximate surface area is 95.7 Å². The minimum atomic E-state index is -4.43. The molecule has 0 bridgehead atoms. The second kappa shape index (κ2) is 4.07. The molecule has 2 nitrogen and oxygen atoms in total. The second-order valence-corrected chi connectivity index (χ2v) is 3.99. The summed E-state index contributed by atoms with van der Waals surface area (Å²) in [7, 11) is 0.